The number of benzene rings is 1. The smallest absolute Gasteiger partial charge is 0.338 e. The van der Waals surface area contributed by atoms with Crippen LogP contribution >= 0.6 is 0 Å². The van der Waals surface area contributed by atoms with E-state index in [1.165, 1.54) is 6.92 Å². The maximum Gasteiger partial charge on any atom is 0.338 e. The number of ether oxygens (including phenoxy) is 1. The van der Waals surface area contributed by atoms with Crippen LogP contribution in [-0.4, -0.2) is 31.4 Å². The normalized spacial score (nSPS) is 11.8. The van der Waals surface area contributed by atoms with Crippen LogP contribution in [0.3, 0.4) is 0 Å². The summed E-state index contributed by atoms with van der Waals surface area (Å²) < 4.78 is 5.02. The highest BCUT2D eigenvalue weighted by molar-refractivity contribution is 5.92. The molecular weight excluding hydrogens is 230 g/mol. The van der Waals surface area contributed by atoms with Gasteiger partial charge in [-0.1, -0.05) is 0 Å². The van der Waals surface area contributed by atoms with Crippen LogP contribution in [-0.2, 0) is 9.53 Å². The number of rotatable bonds is 5. The van der Waals surface area contributed by atoms with Crippen molar-refractivity contribution < 1.29 is 14.3 Å². The third kappa shape index (κ3) is 3.58. The first-order valence-electron chi connectivity index (χ1n) is 5.98. The largest absolute Gasteiger partial charge is 0.451 e. The highest BCUT2D eigenvalue weighted by Crippen LogP contribution is 2.14. The third-order valence-corrected chi connectivity index (χ3v) is 2.87. The zero-order valence-electron chi connectivity index (χ0n) is 11.3. The number of hydrogen-bond acceptors (Lipinski definition) is 4. The van der Waals surface area contributed by atoms with Gasteiger partial charge in [0.05, 0.1) is 5.56 Å². The topological polar surface area (TPSA) is 46.6 Å². The van der Waals surface area contributed by atoms with Gasteiger partial charge >= 0.3 is 5.97 Å². The van der Waals surface area contributed by atoms with Gasteiger partial charge in [0.15, 0.2) is 11.9 Å². The fourth-order valence-corrected chi connectivity index (χ4v) is 1.35. The molecular formula is C14H19NO3. The molecule has 0 aliphatic carbocycles. The lowest BCUT2D eigenvalue weighted by Crippen LogP contribution is -2.22. The number of Topliss-reactive ketones (excluding diaryl/α,β-unsaturated/α-hetero) is 1. The Morgan fingerprint density at radius 2 is 1.83 bits per heavy atom. The van der Waals surface area contributed by atoms with Gasteiger partial charge in [0.2, 0.25) is 0 Å². The van der Waals surface area contributed by atoms with Crippen LogP contribution in [0, 0.1) is 0 Å². The monoisotopic (exact) mass is 249 g/mol. The quantitative estimate of drug-likeness (QED) is 0.751. The minimum atomic E-state index is -0.699. The number of carbonyl (C=O) groups excluding carboxylic acids is 2. The minimum Gasteiger partial charge on any atom is -0.451 e. The molecule has 0 radical (unpaired) electrons. The van der Waals surface area contributed by atoms with Crippen molar-refractivity contribution in [2.24, 2.45) is 0 Å². The Bertz CT molecular complexity index is 425. The lowest BCUT2D eigenvalue weighted by Gasteiger charge is -2.17. The molecule has 98 valence electrons. The van der Waals surface area contributed by atoms with Crippen molar-refractivity contribution in [2.75, 3.05) is 18.5 Å². The van der Waals surface area contributed by atoms with Gasteiger partial charge in [-0.05, 0) is 45.0 Å². The standard InChI is InChI=1S/C14H19NO3/c1-5-15(4)13-8-6-12(7-9-13)14(17)18-11(3)10(2)16/h6-9,11H,5H2,1-4H3. The molecule has 0 aromatic heterocycles. The summed E-state index contributed by atoms with van der Waals surface area (Å²) in [5.74, 6) is -0.630. The first-order valence-corrected chi connectivity index (χ1v) is 5.98. The molecule has 0 aliphatic heterocycles. The molecule has 0 aliphatic rings. The van der Waals surface area contributed by atoms with Gasteiger partial charge in [-0.15, -0.1) is 0 Å². The second kappa shape index (κ2) is 6.19. The average molecular weight is 249 g/mol. The highest BCUT2D eigenvalue weighted by Gasteiger charge is 2.15. The van der Waals surface area contributed by atoms with Crippen molar-refractivity contribution >= 4 is 17.4 Å². The number of carbonyl (C=O) groups is 2. The van der Waals surface area contributed by atoms with Gasteiger partial charge in [-0.25, -0.2) is 4.79 Å². The summed E-state index contributed by atoms with van der Waals surface area (Å²) in [5, 5.41) is 0. The van der Waals surface area contributed by atoms with E-state index in [2.05, 4.69) is 11.8 Å². The Labute approximate surface area is 108 Å². The lowest BCUT2D eigenvalue weighted by molar-refractivity contribution is -0.124. The van der Waals surface area contributed by atoms with Gasteiger partial charge in [0.1, 0.15) is 0 Å². The lowest BCUT2D eigenvalue weighted by atomic mass is 10.2. The molecule has 0 spiro atoms. The van der Waals surface area contributed by atoms with E-state index < -0.39 is 12.1 Å². The van der Waals surface area contributed by atoms with E-state index in [-0.39, 0.29) is 5.78 Å². The van der Waals surface area contributed by atoms with Crippen LogP contribution in [0.2, 0.25) is 0 Å². The fourth-order valence-electron chi connectivity index (χ4n) is 1.35. The van der Waals surface area contributed by atoms with E-state index in [0.29, 0.717) is 5.56 Å². The maximum absolute atomic E-state index is 11.7. The molecule has 1 aromatic carbocycles. The predicted molar refractivity (Wildman–Crippen MR) is 70.9 cm³/mol. The van der Waals surface area contributed by atoms with Gasteiger partial charge < -0.3 is 9.64 Å². The van der Waals surface area contributed by atoms with Crippen LogP contribution in [0.1, 0.15) is 31.1 Å². The van der Waals surface area contributed by atoms with E-state index in [9.17, 15) is 9.59 Å². The second-order valence-electron chi connectivity index (χ2n) is 4.22. The van der Waals surface area contributed by atoms with E-state index in [4.69, 9.17) is 4.74 Å². The number of nitrogens with zero attached hydrogens (tertiary/aromatic N) is 1. The Morgan fingerprint density at radius 1 is 1.28 bits per heavy atom. The Morgan fingerprint density at radius 3 is 2.28 bits per heavy atom. The van der Waals surface area contributed by atoms with Crippen LogP contribution in [0.5, 0.6) is 0 Å². The summed E-state index contributed by atoms with van der Waals surface area (Å²) in [6.45, 7) is 5.92. The van der Waals surface area contributed by atoms with E-state index in [1.807, 2.05) is 19.2 Å². The molecule has 18 heavy (non-hydrogen) atoms. The number of esters is 1. The minimum absolute atomic E-state index is 0.161. The molecule has 0 saturated heterocycles. The van der Waals surface area contributed by atoms with Crippen LogP contribution in [0.4, 0.5) is 5.69 Å². The molecule has 4 nitrogen and oxygen atoms in total. The van der Waals surface area contributed by atoms with Gasteiger partial charge in [-0.3, -0.25) is 4.79 Å². The molecule has 4 heteroatoms. The highest BCUT2D eigenvalue weighted by atomic mass is 16.5. The Kier molecular flexibility index (Phi) is 4.89. The van der Waals surface area contributed by atoms with E-state index >= 15 is 0 Å². The molecule has 0 fully saturated rings. The van der Waals surface area contributed by atoms with Crippen LogP contribution in [0.25, 0.3) is 0 Å². The molecule has 0 N–H and O–H groups in total. The zero-order valence-corrected chi connectivity index (χ0v) is 11.3. The van der Waals surface area contributed by atoms with Crippen molar-refractivity contribution in [1.29, 1.82) is 0 Å². The first-order chi connectivity index (χ1) is 8.45. The number of ketones is 1. The maximum atomic E-state index is 11.7. The second-order valence-corrected chi connectivity index (χ2v) is 4.22. The molecule has 1 rings (SSSR count). The van der Waals surface area contributed by atoms with Gasteiger partial charge in [0, 0.05) is 19.3 Å². The van der Waals surface area contributed by atoms with E-state index in [0.717, 1.165) is 12.2 Å². The van der Waals surface area contributed by atoms with Crippen molar-refractivity contribution in [3.8, 4) is 0 Å². The summed E-state index contributed by atoms with van der Waals surface area (Å²) in [7, 11) is 1.98. The van der Waals surface area contributed by atoms with Crippen molar-refractivity contribution in [3.63, 3.8) is 0 Å². The number of hydrogen-bond donors (Lipinski definition) is 0. The summed E-state index contributed by atoms with van der Waals surface area (Å²) in [6.07, 6.45) is -0.699. The Hall–Kier alpha value is -1.84. The fraction of sp³-hybridized carbons (Fsp3) is 0.429. The van der Waals surface area contributed by atoms with Crippen LogP contribution in [0.15, 0.2) is 24.3 Å². The zero-order chi connectivity index (χ0) is 13.7. The van der Waals surface area contributed by atoms with E-state index in [1.54, 1.807) is 19.1 Å². The van der Waals surface area contributed by atoms with Crippen molar-refractivity contribution in [3.05, 3.63) is 29.8 Å². The number of anilines is 1. The van der Waals surface area contributed by atoms with Crippen molar-refractivity contribution in [1.82, 2.24) is 0 Å². The van der Waals surface area contributed by atoms with Gasteiger partial charge in [-0.2, -0.15) is 0 Å². The summed E-state index contributed by atoms with van der Waals surface area (Å²) in [4.78, 5) is 24.8. The van der Waals surface area contributed by atoms with Crippen molar-refractivity contribution in [2.45, 2.75) is 26.9 Å². The summed E-state index contributed by atoms with van der Waals surface area (Å²) in [6, 6.07) is 7.13. The molecule has 1 atom stereocenters. The molecule has 1 aromatic rings. The average Bonchev–Trinajstić information content (AvgIpc) is 2.37. The Balaban J connectivity index is 2.73. The summed E-state index contributed by atoms with van der Waals surface area (Å²) in [5.41, 5.74) is 1.49. The molecule has 0 heterocycles. The first kappa shape index (κ1) is 14.2. The summed E-state index contributed by atoms with van der Waals surface area (Å²) >= 11 is 0. The van der Waals surface area contributed by atoms with Crippen LogP contribution < -0.4 is 4.90 Å². The molecule has 0 bridgehead atoms. The SMILES string of the molecule is CCN(C)c1ccc(C(=O)OC(C)C(C)=O)cc1. The van der Waals surface area contributed by atoms with Gasteiger partial charge in [0.25, 0.3) is 0 Å². The molecule has 0 saturated carbocycles. The third-order valence-electron chi connectivity index (χ3n) is 2.87. The predicted octanol–water partition coefficient (Wildman–Crippen LogP) is 2.28. The molecule has 1 unspecified atom stereocenters. The molecule has 0 amide bonds.